The van der Waals surface area contributed by atoms with Crippen molar-refractivity contribution in [3.63, 3.8) is 0 Å². The lowest BCUT2D eigenvalue weighted by molar-refractivity contribution is -0.127. The summed E-state index contributed by atoms with van der Waals surface area (Å²) in [5.41, 5.74) is -0.0749. The topological polar surface area (TPSA) is 131 Å². The van der Waals surface area contributed by atoms with Gasteiger partial charge in [-0.3, -0.25) is 14.9 Å². The Morgan fingerprint density at radius 3 is 2.63 bits per heavy atom. The van der Waals surface area contributed by atoms with E-state index in [2.05, 4.69) is 16.0 Å². The van der Waals surface area contributed by atoms with Crippen molar-refractivity contribution in [2.24, 2.45) is 5.92 Å². The molecule has 1 aromatic rings. The van der Waals surface area contributed by atoms with Crippen molar-refractivity contribution in [2.75, 3.05) is 26.2 Å². The monoisotopic (exact) mass is 415 g/mol. The second kappa shape index (κ2) is 7.51. The highest BCUT2D eigenvalue weighted by Crippen LogP contribution is 2.35. The molecule has 6 amide bonds. The number of urea groups is 2. The number of phenols is 1. The number of rotatable bonds is 4. The molecule has 0 aliphatic carbocycles. The van der Waals surface area contributed by atoms with Crippen LogP contribution in [0.15, 0.2) is 18.2 Å². The summed E-state index contributed by atoms with van der Waals surface area (Å²) in [7, 11) is 0. The van der Waals surface area contributed by atoms with Gasteiger partial charge in [-0.05, 0) is 49.4 Å². The van der Waals surface area contributed by atoms with Gasteiger partial charge in [-0.15, -0.1) is 0 Å². The summed E-state index contributed by atoms with van der Waals surface area (Å²) in [5.74, 6) is -0.837. The van der Waals surface area contributed by atoms with Crippen LogP contribution in [-0.2, 0) is 11.3 Å². The van der Waals surface area contributed by atoms with E-state index < -0.39 is 17.5 Å². The fourth-order valence-corrected chi connectivity index (χ4v) is 4.67. The van der Waals surface area contributed by atoms with Crippen LogP contribution >= 0.6 is 0 Å². The zero-order valence-corrected chi connectivity index (χ0v) is 16.7. The Morgan fingerprint density at radius 2 is 2.00 bits per heavy atom. The Bertz CT molecular complexity index is 911. The first-order chi connectivity index (χ1) is 14.3. The molecule has 0 aromatic heterocycles. The van der Waals surface area contributed by atoms with Gasteiger partial charge in [0.25, 0.3) is 11.8 Å². The average Bonchev–Trinajstić information content (AvgIpc) is 3.17. The highest BCUT2D eigenvalue weighted by Gasteiger charge is 2.54. The minimum absolute atomic E-state index is 0.0324. The maximum absolute atomic E-state index is 12.9. The molecule has 3 aliphatic heterocycles. The number of fused-ring (bicyclic) bond motifs is 1. The van der Waals surface area contributed by atoms with Crippen LogP contribution in [0, 0.1) is 5.92 Å². The molecule has 160 valence electrons. The molecule has 0 spiro atoms. The summed E-state index contributed by atoms with van der Waals surface area (Å²) in [5, 5.41) is 17.6. The molecule has 2 fully saturated rings. The Hall–Kier alpha value is -3.30. The number of amides is 6. The van der Waals surface area contributed by atoms with Crippen LogP contribution in [0.5, 0.6) is 5.75 Å². The lowest BCUT2D eigenvalue weighted by Crippen LogP contribution is -2.62. The van der Waals surface area contributed by atoms with E-state index in [0.29, 0.717) is 43.6 Å². The van der Waals surface area contributed by atoms with E-state index in [0.717, 1.165) is 0 Å². The lowest BCUT2D eigenvalue weighted by Gasteiger charge is -2.42. The minimum atomic E-state index is -1.25. The van der Waals surface area contributed by atoms with E-state index in [-0.39, 0.29) is 36.7 Å². The van der Waals surface area contributed by atoms with Crippen molar-refractivity contribution < 1.29 is 24.3 Å². The van der Waals surface area contributed by atoms with E-state index in [1.54, 1.807) is 11.0 Å². The predicted octanol–water partition coefficient (Wildman–Crippen LogP) is 0.368. The van der Waals surface area contributed by atoms with Crippen LogP contribution in [-0.4, -0.2) is 70.5 Å². The molecule has 30 heavy (non-hydrogen) atoms. The van der Waals surface area contributed by atoms with Crippen molar-refractivity contribution in [1.29, 1.82) is 0 Å². The van der Waals surface area contributed by atoms with Crippen molar-refractivity contribution in [3.05, 3.63) is 29.3 Å². The molecular formula is C20H25N5O5. The number of phenolic OH excluding ortho intramolecular Hbond substituents is 1. The summed E-state index contributed by atoms with van der Waals surface area (Å²) >= 11 is 0. The van der Waals surface area contributed by atoms with Gasteiger partial charge < -0.3 is 25.5 Å². The number of hydrogen-bond acceptors (Lipinski definition) is 5. The zero-order valence-electron chi connectivity index (χ0n) is 16.7. The largest absolute Gasteiger partial charge is 0.508 e. The predicted molar refractivity (Wildman–Crippen MR) is 106 cm³/mol. The maximum atomic E-state index is 12.9. The number of hydrogen-bond donors (Lipinski definition) is 4. The Morgan fingerprint density at radius 1 is 1.27 bits per heavy atom. The van der Waals surface area contributed by atoms with Crippen LogP contribution in [0.1, 0.15) is 35.7 Å². The SMILES string of the molecule is CCNC(=O)N1CCC(C2(CN3Cc4cc(O)ccc4C3=O)NC(=O)NC2=O)CC1. The van der Waals surface area contributed by atoms with E-state index in [1.807, 2.05) is 6.92 Å². The Labute approximate surface area is 173 Å². The number of piperidine rings is 1. The van der Waals surface area contributed by atoms with Gasteiger partial charge in [-0.2, -0.15) is 0 Å². The molecule has 1 unspecified atom stereocenters. The van der Waals surface area contributed by atoms with Gasteiger partial charge >= 0.3 is 12.1 Å². The summed E-state index contributed by atoms with van der Waals surface area (Å²) in [6, 6.07) is 3.84. The normalized spacial score (nSPS) is 24.0. The number of carbonyl (C=O) groups excluding carboxylic acids is 4. The molecule has 0 radical (unpaired) electrons. The van der Waals surface area contributed by atoms with Crippen molar-refractivity contribution in [2.45, 2.75) is 31.8 Å². The van der Waals surface area contributed by atoms with Crippen molar-refractivity contribution >= 4 is 23.9 Å². The second-order valence-corrected chi connectivity index (χ2v) is 7.98. The molecule has 0 saturated carbocycles. The number of nitrogens with one attached hydrogen (secondary N) is 3. The van der Waals surface area contributed by atoms with Gasteiger partial charge in [0.15, 0.2) is 0 Å². The fraction of sp³-hybridized carbons (Fsp3) is 0.500. The van der Waals surface area contributed by atoms with Gasteiger partial charge in [0, 0.05) is 31.7 Å². The quantitative estimate of drug-likeness (QED) is 0.528. The first-order valence-corrected chi connectivity index (χ1v) is 10.1. The lowest BCUT2D eigenvalue weighted by atomic mass is 9.77. The fourth-order valence-electron chi connectivity index (χ4n) is 4.67. The Kier molecular flexibility index (Phi) is 5.00. The van der Waals surface area contributed by atoms with Gasteiger partial charge in [-0.25, -0.2) is 9.59 Å². The van der Waals surface area contributed by atoms with E-state index in [9.17, 15) is 24.3 Å². The molecular weight excluding hydrogens is 390 g/mol. The number of carbonyl (C=O) groups is 4. The Balaban J connectivity index is 1.53. The van der Waals surface area contributed by atoms with Gasteiger partial charge in [-0.1, -0.05) is 0 Å². The summed E-state index contributed by atoms with van der Waals surface area (Å²) in [6.07, 6.45) is 1.06. The molecule has 3 heterocycles. The van der Waals surface area contributed by atoms with Crippen molar-refractivity contribution in [3.8, 4) is 5.75 Å². The molecule has 2 saturated heterocycles. The highest BCUT2D eigenvalue weighted by molar-refractivity contribution is 6.08. The van der Waals surface area contributed by atoms with Gasteiger partial charge in [0.1, 0.15) is 11.3 Å². The maximum Gasteiger partial charge on any atom is 0.322 e. The highest BCUT2D eigenvalue weighted by atomic mass is 16.3. The molecule has 4 rings (SSSR count). The summed E-state index contributed by atoms with van der Waals surface area (Å²) < 4.78 is 0. The third-order valence-electron chi connectivity index (χ3n) is 6.18. The molecule has 0 bridgehead atoms. The number of aromatic hydroxyl groups is 1. The first-order valence-electron chi connectivity index (χ1n) is 10.1. The minimum Gasteiger partial charge on any atom is -0.508 e. The number of likely N-dealkylation sites (tertiary alicyclic amines) is 1. The standard InChI is InChI=1S/C20H25N5O5/c1-2-21-19(30)24-7-5-13(6-8-24)20(17(28)22-18(29)23-20)11-25-10-12-9-14(26)3-4-15(12)16(25)27/h3-4,9,13,26H,2,5-8,10-11H2,1H3,(H,21,30)(H2,22,23,28,29). The third kappa shape index (κ3) is 3.31. The molecule has 3 aliphatic rings. The van der Waals surface area contributed by atoms with E-state index in [4.69, 9.17) is 0 Å². The van der Waals surface area contributed by atoms with E-state index in [1.165, 1.54) is 17.0 Å². The average molecular weight is 415 g/mol. The molecule has 4 N–H and O–H groups in total. The summed E-state index contributed by atoms with van der Waals surface area (Å²) in [6.45, 7) is 3.60. The van der Waals surface area contributed by atoms with Crippen LogP contribution in [0.2, 0.25) is 0 Å². The smallest absolute Gasteiger partial charge is 0.322 e. The summed E-state index contributed by atoms with van der Waals surface area (Å²) in [4.78, 5) is 53.1. The van der Waals surface area contributed by atoms with Gasteiger partial charge in [0.2, 0.25) is 0 Å². The first kappa shape index (κ1) is 20.0. The number of benzene rings is 1. The van der Waals surface area contributed by atoms with E-state index >= 15 is 0 Å². The molecule has 1 atom stereocenters. The zero-order chi connectivity index (χ0) is 21.5. The van der Waals surface area contributed by atoms with Crippen LogP contribution in [0.3, 0.4) is 0 Å². The third-order valence-corrected chi connectivity index (χ3v) is 6.18. The van der Waals surface area contributed by atoms with Crippen LogP contribution in [0.25, 0.3) is 0 Å². The molecule has 10 nitrogen and oxygen atoms in total. The van der Waals surface area contributed by atoms with Gasteiger partial charge in [0.05, 0.1) is 6.54 Å². The molecule has 1 aromatic carbocycles. The second-order valence-electron chi connectivity index (χ2n) is 7.98. The van der Waals surface area contributed by atoms with Crippen LogP contribution in [0.4, 0.5) is 9.59 Å². The van der Waals surface area contributed by atoms with Crippen molar-refractivity contribution in [1.82, 2.24) is 25.8 Å². The number of nitrogens with zero attached hydrogens (tertiary/aromatic N) is 2. The van der Waals surface area contributed by atoms with Crippen LogP contribution < -0.4 is 16.0 Å². The molecule has 10 heteroatoms. The number of imide groups is 1.